The summed E-state index contributed by atoms with van der Waals surface area (Å²) in [7, 11) is 0. The zero-order valence-electron chi connectivity index (χ0n) is 7.86. The van der Waals surface area contributed by atoms with Crippen LogP contribution in [0.3, 0.4) is 0 Å². The summed E-state index contributed by atoms with van der Waals surface area (Å²) in [6, 6.07) is 7.52. The van der Waals surface area contributed by atoms with Crippen LogP contribution < -0.4 is 5.32 Å². The zero-order chi connectivity index (χ0) is 9.97. The van der Waals surface area contributed by atoms with Gasteiger partial charge in [-0.25, -0.2) is 4.79 Å². The van der Waals surface area contributed by atoms with E-state index in [1.807, 2.05) is 12.1 Å². The summed E-state index contributed by atoms with van der Waals surface area (Å²) in [6.45, 7) is 0. The van der Waals surface area contributed by atoms with Crippen molar-refractivity contribution in [3.63, 3.8) is 0 Å². The molecule has 1 aliphatic rings. The Morgan fingerprint density at radius 2 is 2.07 bits per heavy atom. The first kappa shape index (κ1) is 9.06. The van der Waals surface area contributed by atoms with E-state index in [1.165, 1.54) is 6.42 Å². The molecule has 0 heterocycles. The molecule has 0 aromatic heterocycles. The van der Waals surface area contributed by atoms with Crippen molar-refractivity contribution in [1.82, 2.24) is 0 Å². The van der Waals surface area contributed by atoms with Crippen LogP contribution in [-0.4, -0.2) is 17.1 Å². The standard InChI is InChI=1S/C11H13NO2/c13-11(14)9-6-1-2-7-10(9)12-8-4-3-5-8/h1-2,6-8,12H,3-5H2,(H,13,14). The molecule has 3 nitrogen and oxygen atoms in total. The fraction of sp³-hybridized carbons (Fsp3) is 0.364. The molecule has 0 aliphatic heterocycles. The molecule has 0 radical (unpaired) electrons. The van der Waals surface area contributed by atoms with E-state index in [2.05, 4.69) is 5.32 Å². The maximum Gasteiger partial charge on any atom is 0.337 e. The number of aromatic carboxylic acids is 1. The first-order chi connectivity index (χ1) is 6.77. The molecule has 1 fully saturated rings. The van der Waals surface area contributed by atoms with Crippen molar-refractivity contribution >= 4 is 11.7 Å². The van der Waals surface area contributed by atoms with Gasteiger partial charge in [0, 0.05) is 11.7 Å². The predicted octanol–water partition coefficient (Wildman–Crippen LogP) is 2.35. The van der Waals surface area contributed by atoms with Crippen molar-refractivity contribution in [2.45, 2.75) is 25.3 Å². The molecule has 1 aromatic carbocycles. The van der Waals surface area contributed by atoms with Gasteiger partial charge in [0.15, 0.2) is 0 Å². The smallest absolute Gasteiger partial charge is 0.337 e. The normalized spacial score (nSPS) is 16.0. The van der Waals surface area contributed by atoms with Crippen LogP contribution in [0.1, 0.15) is 29.6 Å². The Kier molecular flexibility index (Phi) is 2.39. The highest BCUT2D eigenvalue weighted by Gasteiger charge is 2.19. The predicted molar refractivity (Wildman–Crippen MR) is 54.7 cm³/mol. The van der Waals surface area contributed by atoms with E-state index in [4.69, 9.17) is 5.11 Å². The summed E-state index contributed by atoms with van der Waals surface area (Å²) in [5.41, 5.74) is 1.10. The molecule has 0 saturated heterocycles. The van der Waals surface area contributed by atoms with Crippen molar-refractivity contribution in [3.8, 4) is 0 Å². The maximum absolute atomic E-state index is 10.9. The molecule has 14 heavy (non-hydrogen) atoms. The second kappa shape index (κ2) is 3.70. The number of rotatable bonds is 3. The number of carbonyl (C=O) groups is 1. The zero-order valence-corrected chi connectivity index (χ0v) is 7.86. The Bertz CT molecular complexity index is 345. The van der Waals surface area contributed by atoms with Crippen molar-refractivity contribution in [1.29, 1.82) is 0 Å². The van der Waals surface area contributed by atoms with E-state index in [1.54, 1.807) is 12.1 Å². The summed E-state index contributed by atoms with van der Waals surface area (Å²) >= 11 is 0. The topological polar surface area (TPSA) is 49.3 Å². The summed E-state index contributed by atoms with van der Waals surface area (Å²) < 4.78 is 0. The number of anilines is 1. The quantitative estimate of drug-likeness (QED) is 0.771. The lowest BCUT2D eigenvalue weighted by molar-refractivity contribution is 0.0698. The molecule has 0 amide bonds. The molecule has 1 aromatic rings. The molecule has 1 saturated carbocycles. The summed E-state index contributed by atoms with van der Waals surface area (Å²) in [5, 5.41) is 12.2. The minimum absolute atomic E-state index is 0.361. The monoisotopic (exact) mass is 191 g/mol. The Balaban J connectivity index is 2.17. The number of para-hydroxylation sites is 1. The molecule has 2 N–H and O–H groups in total. The molecular formula is C11H13NO2. The molecule has 1 aliphatic carbocycles. The van der Waals surface area contributed by atoms with Gasteiger partial charge in [-0.2, -0.15) is 0 Å². The number of carboxylic acid groups (broad SMARTS) is 1. The molecule has 74 valence electrons. The minimum atomic E-state index is -0.868. The lowest BCUT2D eigenvalue weighted by Gasteiger charge is -2.28. The number of carboxylic acids is 1. The lowest BCUT2D eigenvalue weighted by atomic mass is 9.92. The molecule has 0 spiro atoms. The Labute approximate surface area is 82.8 Å². The molecule has 0 bridgehead atoms. The van der Waals surface area contributed by atoms with E-state index >= 15 is 0 Å². The largest absolute Gasteiger partial charge is 0.478 e. The van der Waals surface area contributed by atoms with E-state index in [9.17, 15) is 4.79 Å². The third-order valence-corrected chi connectivity index (χ3v) is 2.62. The highest BCUT2D eigenvalue weighted by molar-refractivity contribution is 5.94. The van der Waals surface area contributed by atoms with Gasteiger partial charge in [-0.1, -0.05) is 12.1 Å². The van der Waals surface area contributed by atoms with Gasteiger partial charge in [0.1, 0.15) is 0 Å². The van der Waals surface area contributed by atoms with Crippen LogP contribution in [0, 0.1) is 0 Å². The van der Waals surface area contributed by atoms with Crippen molar-refractivity contribution in [2.75, 3.05) is 5.32 Å². The first-order valence-electron chi connectivity index (χ1n) is 4.86. The van der Waals surface area contributed by atoms with Gasteiger partial charge in [0.25, 0.3) is 0 Å². The Morgan fingerprint density at radius 3 is 2.64 bits per heavy atom. The van der Waals surface area contributed by atoms with Crippen LogP contribution in [0.15, 0.2) is 24.3 Å². The Hall–Kier alpha value is -1.51. The highest BCUT2D eigenvalue weighted by atomic mass is 16.4. The second-order valence-electron chi connectivity index (χ2n) is 3.62. The Morgan fingerprint density at radius 1 is 1.36 bits per heavy atom. The van der Waals surface area contributed by atoms with Gasteiger partial charge < -0.3 is 10.4 Å². The van der Waals surface area contributed by atoms with Crippen LogP contribution in [0.4, 0.5) is 5.69 Å². The van der Waals surface area contributed by atoms with Gasteiger partial charge in [-0.15, -0.1) is 0 Å². The number of hydrogen-bond acceptors (Lipinski definition) is 2. The summed E-state index contributed by atoms with van der Waals surface area (Å²) in [6.07, 6.45) is 3.54. The SMILES string of the molecule is O=C(O)c1ccccc1NC1CCC1. The van der Waals surface area contributed by atoms with E-state index in [0.29, 0.717) is 11.6 Å². The molecular weight excluding hydrogens is 178 g/mol. The second-order valence-corrected chi connectivity index (χ2v) is 3.62. The molecule has 3 heteroatoms. The van der Waals surface area contributed by atoms with Gasteiger partial charge in [0.2, 0.25) is 0 Å². The van der Waals surface area contributed by atoms with Crippen molar-refractivity contribution in [2.24, 2.45) is 0 Å². The fourth-order valence-corrected chi connectivity index (χ4v) is 1.57. The minimum Gasteiger partial charge on any atom is -0.478 e. The summed E-state index contributed by atoms with van der Waals surface area (Å²) in [4.78, 5) is 10.9. The lowest BCUT2D eigenvalue weighted by Crippen LogP contribution is -2.27. The van der Waals surface area contributed by atoms with Crippen molar-refractivity contribution < 1.29 is 9.90 Å². The van der Waals surface area contributed by atoms with Gasteiger partial charge >= 0.3 is 5.97 Å². The molecule has 2 rings (SSSR count). The number of nitrogens with one attached hydrogen (secondary N) is 1. The third kappa shape index (κ3) is 1.71. The highest BCUT2D eigenvalue weighted by Crippen LogP contribution is 2.25. The van der Waals surface area contributed by atoms with Crippen molar-refractivity contribution in [3.05, 3.63) is 29.8 Å². The van der Waals surface area contributed by atoms with Crippen LogP contribution in [-0.2, 0) is 0 Å². The molecule has 0 unspecified atom stereocenters. The van der Waals surface area contributed by atoms with Crippen LogP contribution in [0.25, 0.3) is 0 Å². The van der Waals surface area contributed by atoms with Crippen LogP contribution in [0.2, 0.25) is 0 Å². The van der Waals surface area contributed by atoms with Gasteiger partial charge in [0.05, 0.1) is 5.56 Å². The third-order valence-electron chi connectivity index (χ3n) is 2.62. The van der Waals surface area contributed by atoms with E-state index in [0.717, 1.165) is 18.5 Å². The number of benzene rings is 1. The average Bonchev–Trinajstić information content (AvgIpc) is 2.12. The fourth-order valence-electron chi connectivity index (χ4n) is 1.57. The first-order valence-corrected chi connectivity index (χ1v) is 4.86. The average molecular weight is 191 g/mol. The number of hydrogen-bond donors (Lipinski definition) is 2. The molecule has 0 atom stereocenters. The van der Waals surface area contributed by atoms with E-state index in [-0.39, 0.29) is 0 Å². The maximum atomic E-state index is 10.9. The van der Waals surface area contributed by atoms with E-state index < -0.39 is 5.97 Å². The van der Waals surface area contributed by atoms with Gasteiger partial charge in [-0.05, 0) is 31.4 Å². The van der Waals surface area contributed by atoms with Crippen LogP contribution in [0.5, 0.6) is 0 Å². The van der Waals surface area contributed by atoms with Crippen LogP contribution >= 0.6 is 0 Å². The van der Waals surface area contributed by atoms with Gasteiger partial charge in [-0.3, -0.25) is 0 Å². The summed E-state index contributed by atoms with van der Waals surface area (Å²) in [5.74, 6) is -0.868.